The maximum absolute atomic E-state index is 5.76. The molecule has 8 heavy (non-hydrogen) atoms. The van der Waals surface area contributed by atoms with Crippen LogP contribution in [0.5, 0.6) is 0 Å². The van der Waals surface area contributed by atoms with Crippen LogP contribution in [0.1, 0.15) is 0 Å². The Labute approximate surface area is 66.7 Å². The summed E-state index contributed by atoms with van der Waals surface area (Å²) < 4.78 is 1.19. The first-order valence-electron chi connectivity index (χ1n) is 2.59. The van der Waals surface area contributed by atoms with Crippen LogP contribution in [0.3, 0.4) is 0 Å². The summed E-state index contributed by atoms with van der Waals surface area (Å²) in [7, 11) is 10.6. The van der Waals surface area contributed by atoms with E-state index in [-0.39, 0.29) is 0 Å². The summed E-state index contributed by atoms with van der Waals surface area (Å²) in [6, 6.07) is 0. The molecule has 0 amide bonds. The molecule has 0 aromatic rings. The first-order valence-corrected chi connectivity index (χ1v) is 15.5. The third-order valence-electron chi connectivity index (χ3n) is 0.664. The molecule has 0 nitrogen and oxygen atoms in total. The third kappa shape index (κ3) is 7.60. The summed E-state index contributed by atoms with van der Waals surface area (Å²) in [4.78, 5) is 0. The van der Waals surface area contributed by atoms with Gasteiger partial charge in [-0.3, -0.25) is 0 Å². The second-order valence-electron chi connectivity index (χ2n) is 3.08. The van der Waals surface area contributed by atoms with Gasteiger partial charge in [0.15, 0.2) is 0 Å². The minimum absolute atomic E-state index is 0.897. The van der Waals surface area contributed by atoms with Gasteiger partial charge in [0.25, 0.3) is 0 Å². The van der Waals surface area contributed by atoms with E-state index in [1.807, 2.05) is 0 Å². The molecule has 0 aliphatic rings. The molecule has 0 aliphatic carbocycles. The topological polar surface area (TPSA) is 0 Å². The van der Waals surface area contributed by atoms with E-state index in [0.29, 0.717) is 0 Å². The molecule has 0 N–H and O–H groups in total. The molecular weight excluding hydrogens is 266 g/mol. The van der Waals surface area contributed by atoms with Crippen LogP contribution in [0, 0.1) is 0 Å². The first kappa shape index (κ1) is 9.60. The van der Waals surface area contributed by atoms with Crippen LogP contribution in [0.15, 0.2) is 0 Å². The van der Waals surface area contributed by atoms with Gasteiger partial charge < -0.3 is 0 Å². The maximum atomic E-state index is 5.76. The fraction of sp³-hybridized carbons (Fsp3) is 1.00. The van der Waals surface area contributed by atoms with Crippen LogP contribution in [-0.2, 0) is 0 Å². The van der Waals surface area contributed by atoms with Crippen molar-refractivity contribution in [1.29, 1.82) is 0 Å². The molecule has 0 fully saturated rings. The number of rotatable bonds is 2. The molecule has 0 heterocycles. The van der Waals surface area contributed by atoms with Crippen molar-refractivity contribution in [3.63, 3.8) is 0 Å². The third-order valence-corrected chi connectivity index (χ3v) is 18.7. The Kier molecular flexibility index (Phi) is 4.42. The van der Waals surface area contributed by atoms with E-state index >= 15 is 0 Å². The van der Waals surface area contributed by atoms with Gasteiger partial charge >= 0.3 is 67.1 Å². The van der Waals surface area contributed by atoms with Gasteiger partial charge in [0, 0.05) is 0 Å². The molecule has 49 valence electrons. The van der Waals surface area contributed by atoms with Crippen molar-refractivity contribution < 1.29 is 0 Å². The van der Waals surface area contributed by atoms with Gasteiger partial charge in [0.05, 0.1) is 0 Å². The second-order valence-corrected chi connectivity index (χ2v) is 20.9. The average Bonchev–Trinajstić information content (AvgIpc) is 1.21. The van der Waals surface area contributed by atoms with Crippen LogP contribution in [0.4, 0.5) is 0 Å². The van der Waals surface area contributed by atoms with E-state index in [1.165, 1.54) is 4.06 Å². The molecular formula is C4H11Cl2SiSn. The predicted molar refractivity (Wildman–Crippen MR) is 45.6 cm³/mol. The zero-order chi connectivity index (χ0) is 6.78. The second kappa shape index (κ2) is 3.69. The predicted octanol–water partition coefficient (Wildman–Crippen LogP) is 2.83. The van der Waals surface area contributed by atoms with Gasteiger partial charge in [-0.2, -0.15) is 0 Å². The quantitative estimate of drug-likeness (QED) is 0.681. The Morgan fingerprint density at radius 2 is 1.62 bits per heavy atom. The average molecular weight is 277 g/mol. The van der Waals surface area contributed by atoms with Crippen LogP contribution >= 0.6 is 17.8 Å². The van der Waals surface area contributed by atoms with Crippen molar-refractivity contribution in [2.45, 2.75) is 23.7 Å². The number of hydrogen-bond donors (Lipinski definition) is 0. The van der Waals surface area contributed by atoms with Gasteiger partial charge in [-0.25, -0.2) is 0 Å². The Balaban J connectivity index is 3.39. The zero-order valence-electron chi connectivity index (χ0n) is 5.46. The van der Waals surface area contributed by atoms with Crippen molar-refractivity contribution in [3.05, 3.63) is 0 Å². The van der Waals surface area contributed by atoms with E-state index in [9.17, 15) is 0 Å². The van der Waals surface area contributed by atoms with Crippen LogP contribution in [-0.4, -0.2) is 25.6 Å². The molecule has 0 aromatic carbocycles. The summed E-state index contributed by atoms with van der Waals surface area (Å²) in [5, 5.41) is 0. The van der Waals surface area contributed by atoms with E-state index in [2.05, 4.69) is 19.6 Å². The van der Waals surface area contributed by atoms with Gasteiger partial charge in [-0.05, 0) is 0 Å². The first-order chi connectivity index (χ1) is 3.42. The van der Waals surface area contributed by atoms with Gasteiger partial charge in [-0.15, -0.1) is 0 Å². The molecule has 0 spiro atoms. The van der Waals surface area contributed by atoms with Gasteiger partial charge in [-0.1, -0.05) is 0 Å². The fourth-order valence-corrected chi connectivity index (χ4v) is 24.2. The molecule has 0 aliphatic heterocycles. The molecule has 1 radical (unpaired) electrons. The number of halogens is 2. The Morgan fingerprint density at radius 3 is 1.62 bits per heavy atom. The molecule has 4 heteroatoms. The molecule has 0 saturated carbocycles. The Hall–Kier alpha value is 1.60. The molecule has 0 rings (SSSR count). The van der Waals surface area contributed by atoms with Crippen LogP contribution in [0.2, 0.25) is 23.7 Å². The standard InChI is InChI=1S/C4H11Si.2ClH.Sn/c1-5(2,3)4;;;/h1H2,2-4H3;2*1H;/q;;;+2/p-2. The molecule has 0 saturated heterocycles. The minimum atomic E-state index is -1.76. The van der Waals surface area contributed by atoms with Crippen LogP contribution < -0.4 is 0 Å². The number of hydrogen-bond acceptors (Lipinski definition) is 0. The molecule has 0 aromatic heterocycles. The van der Waals surface area contributed by atoms with E-state index < -0.39 is 25.6 Å². The summed E-state index contributed by atoms with van der Waals surface area (Å²) in [6.45, 7) is 6.91. The Bertz CT molecular complexity index is 68.9. The monoisotopic (exact) mass is 277 g/mol. The van der Waals surface area contributed by atoms with E-state index in [1.54, 1.807) is 0 Å². The van der Waals surface area contributed by atoms with Gasteiger partial charge in [0.1, 0.15) is 0 Å². The molecule has 0 bridgehead atoms. The summed E-state index contributed by atoms with van der Waals surface area (Å²) in [5.74, 6) is 0. The summed E-state index contributed by atoms with van der Waals surface area (Å²) in [5.41, 5.74) is 0. The summed E-state index contributed by atoms with van der Waals surface area (Å²) in [6.07, 6.45) is 0. The normalized spacial score (nSPS) is 12.8. The van der Waals surface area contributed by atoms with Crippen molar-refractivity contribution in [2.24, 2.45) is 0 Å². The van der Waals surface area contributed by atoms with E-state index in [4.69, 9.17) is 17.8 Å². The van der Waals surface area contributed by atoms with Crippen LogP contribution in [0.25, 0.3) is 0 Å². The summed E-state index contributed by atoms with van der Waals surface area (Å²) >= 11 is -1.76. The van der Waals surface area contributed by atoms with Crippen molar-refractivity contribution in [3.8, 4) is 0 Å². The van der Waals surface area contributed by atoms with Crippen molar-refractivity contribution >= 4 is 43.4 Å². The fourth-order valence-electron chi connectivity index (χ4n) is 0.401. The molecule has 0 unspecified atom stereocenters. The SMILES string of the molecule is C[Si](C)(C)[CH2][Sn]([Cl])[Cl]. The Morgan fingerprint density at radius 1 is 1.25 bits per heavy atom. The van der Waals surface area contributed by atoms with Gasteiger partial charge in [0.2, 0.25) is 0 Å². The zero-order valence-corrected chi connectivity index (χ0v) is 10.8. The van der Waals surface area contributed by atoms with E-state index in [0.717, 1.165) is 0 Å². The molecule has 0 atom stereocenters. The van der Waals surface area contributed by atoms with Crippen molar-refractivity contribution in [2.75, 3.05) is 0 Å². The van der Waals surface area contributed by atoms with Crippen molar-refractivity contribution in [1.82, 2.24) is 0 Å².